The Labute approximate surface area is 60.0 Å². The largest absolute Gasteiger partial charge is 0.412 e. The molecule has 10 N–H and O–H groups in total. The van der Waals surface area contributed by atoms with Gasteiger partial charge in [0.1, 0.15) is 0 Å². The Kier molecular flexibility index (Phi) is 38100. The standard InChI is InChI=1S/5H2O.H2S.V/h6*1H2;. The minimum atomic E-state index is 0. The summed E-state index contributed by atoms with van der Waals surface area (Å²) in [6.45, 7) is 0. The average molecular weight is 175 g/mol. The third kappa shape index (κ3) is 280. The van der Waals surface area contributed by atoms with Crippen molar-refractivity contribution in [3.63, 3.8) is 0 Å². The van der Waals surface area contributed by atoms with Gasteiger partial charge in [-0.3, -0.25) is 0 Å². The summed E-state index contributed by atoms with van der Waals surface area (Å²) < 4.78 is 0. The first kappa shape index (κ1) is 650. The normalized spacial score (nSPS) is 0. The minimum Gasteiger partial charge on any atom is -0.412 e. The molecule has 5 nitrogen and oxygen atoms in total. The molecule has 0 amide bonds. The van der Waals surface area contributed by atoms with Crippen LogP contribution in [0.25, 0.3) is 0 Å². The van der Waals surface area contributed by atoms with Crippen molar-refractivity contribution in [3.8, 4) is 0 Å². The molecule has 0 heterocycles. The fourth-order valence-electron chi connectivity index (χ4n) is 0. The molecular formula is H12O5SV. The number of rotatable bonds is 0. The van der Waals surface area contributed by atoms with E-state index in [1.54, 1.807) is 0 Å². The van der Waals surface area contributed by atoms with E-state index in [4.69, 9.17) is 0 Å². The summed E-state index contributed by atoms with van der Waals surface area (Å²) in [5, 5.41) is 0. The minimum absolute atomic E-state index is 0. The maximum Gasteiger partial charge on any atom is 0 e. The van der Waals surface area contributed by atoms with Crippen molar-refractivity contribution in [2.75, 3.05) is 0 Å². The van der Waals surface area contributed by atoms with E-state index in [1.807, 2.05) is 0 Å². The van der Waals surface area contributed by atoms with Gasteiger partial charge < -0.3 is 27.4 Å². The topological polar surface area (TPSA) is 158 Å². The predicted octanol–water partition coefficient (Wildman–Crippen LogP) is -4.01. The Morgan fingerprint density at radius 2 is 0.429 bits per heavy atom. The van der Waals surface area contributed by atoms with Gasteiger partial charge in [0.25, 0.3) is 0 Å². The molecule has 0 saturated carbocycles. The number of hydrogen-bond donors (Lipinski definition) is 0. The van der Waals surface area contributed by atoms with Crippen molar-refractivity contribution in [3.05, 3.63) is 0 Å². The molecule has 0 spiro atoms. The summed E-state index contributed by atoms with van der Waals surface area (Å²) in [4.78, 5) is 0. The Balaban J connectivity index is 0. The van der Waals surface area contributed by atoms with E-state index in [9.17, 15) is 0 Å². The van der Waals surface area contributed by atoms with Gasteiger partial charge in [0.2, 0.25) is 0 Å². The second-order valence-electron chi connectivity index (χ2n) is 0. The molecule has 0 atom stereocenters. The van der Waals surface area contributed by atoms with Gasteiger partial charge >= 0.3 is 0 Å². The zero-order chi connectivity index (χ0) is 0. The molecule has 0 aromatic rings. The smallest absolute Gasteiger partial charge is 0 e. The van der Waals surface area contributed by atoms with Gasteiger partial charge in [-0.1, -0.05) is 0 Å². The maximum atomic E-state index is 0. The van der Waals surface area contributed by atoms with Crippen LogP contribution in [-0.4, -0.2) is 27.4 Å². The molecule has 0 fully saturated rings. The maximum absolute atomic E-state index is 0. The molecule has 7 heteroatoms. The Hall–Kier alpha value is 0.734. The fraction of sp³-hybridized carbons (Fsp3) is 0. The van der Waals surface area contributed by atoms with E-state index >= 15 is 0 Å². The van der Waals surface area contributed by atoms with E-state index in [1.165, 1.54) is 0 Å². The van der Waals surface area contributed by atoms with Crippen molar-refractivity contribution < 1.29 is 45.9 Å². The van der Waals surface area contributed by atoms with Crippen LogP contribution in [0.2, 0.25) is 0 Å². The summed E-state index contributed by atoms with van der Waals surface area (Å²) in [5.74, 6) is 0. The molecule has 0 rings (SSSR count). The molecule has 0 aliphatic rings. The zero-order valence-corrected chi connectivity index (χ0v) is 5.84. The van der Waals surface area contributed by atoms with Crippen LogP contribution in [0.5, 0.6) is 0 Å². The molecule has 0 unspecified atom stereocenters. The molecule has 1 radical (unpaired) electrons. The Morgan fingerprint density at radius 1 is 0.429 bits per heavy atom. The van der Waals surface area contributed by atoms with Gasteiger partial charge in [-0.25, -0.2) is 0 Å². The second kappa shape index (κ2) is 411. The van der Waals surface area contributed by atoms with Crippen LogP contribution in [0, 0.1) is 0 Å². The van der Waals surface area contributed by atoms with Gasteiger partial charge in [0, 0.05) is 18.6 Å². The first-order chi connectivity index (χ1) is 0. The quantitative estimate of drug-likeness (QED) is 0.351. The molecule has 0 aliphatic heterocycles. The molecule has 0 bridgehead atoms. The van der Waals surface area contributed by atoms with Crippen molar-refractivity contribution in [1.29, 1.82) is 0 Å². The van der Waals surface area contributed by atoms with Gasteiger partial charge in [-0.2, -0.15) is 13.5 Å². The van der Waals surface area contributed by atoms with Gasteiger partial charge in [0.05, 0.1) is 0 Å². The van der Waals surface area contributed by atoms with Crippen LogP contribution in [0.15, 0.2) is 0 Å². The van der Waals surface area contributed by atoms with Crippen LogP contribution >= 0.6 is 13.5 Å². The monoisotopic (exact) mass is 175 g/mol. The first-order valence-corrected chi connectivity index (χ1v) is 0. The molecule has 0 aromatic heterocycles. The third-order valence-electron chi connectivity index (χ3n) is 0. The zero-order valence-electron chi connectivity index (χ0n) is 3.45. The van der Waals surface area contributed by atoms with E-state index in [2.05, 4.69) is 0 Å². The molecule has 53 valence electrons. The van der Waals surface area contributed by atoms with Crippen molar-refractivity contribution >= 4 is 13.5 Å². The van der Waals surface area contributed by atoms with E-state index < -0.39 is 0 Å². The van der Waals surface area contributed by atoms with E-state index in [0.29, 0.717) is 0 Å². The van der Waals surface area contributed by atoms with Gasteiger partial charge in [0.15, 0.2) is 0 Å². The summed E-state index contributed by atoms with van der Waals surface area (Å²) in [6, 6.07) is 0. The predicted molar refractivity (Wildman–Crippen MR) is 28.4 cm³/mol. The average Bonchev–Trinajstić information content (AvgIpc) is 0. The second-order valence-corrected chi connectivity index (χ2v) is 0. The van der Waals surface area contributed by atoms with Crippen molar-refractivity contribution in [2.24, 2.45) is 0 Å². The number of hydrogen-bond acceptors (Lipinski definition) is 0. The SMILES string of the molecule is O.O.O.O.O.S.[V]. The van der Waals surface area contributed by atoms with Crippen LogP contribution in [0.1, 0.15) is 0 Å². The van der Waals surface area contributed by atoms with Crippen LogP contribution in [0.3, 0.4) is 0 Å². The summed E-state index contributed by atoms with van der Waals surface area (Å²) >= 11 is 0. The third-order valence-corrected chi connectivity index (χ3v) is 0. The Bertz CT molecular complexity index is 8.04. The van der Waals surface area contributed by atoms with Crippen LogP contribution in [0.4, 0.5) is 0 Å². The first-order valence-electron chi connectivity index (χ1n) is 0. The summed E-state index contributed by atoms with van der Waals surface area (Å²) in [6.07, 6.45) is 0. The van der Waals surface area contributed by atoms with Gasteiger partial charge in [-0.05, 0) is 0 Å². The van der Waals surface area contributed by atoms with Crippen LogP contribution < -0.4 is 0 Å². The summed E-state index contributed by atoms with van der Waals surface area (Å²) in [7, 11) is 0. The summed E-state index contributed by atoms with van der Waals surface area (Å²) in [5.41, 5.74) is 0. The molecule has 0 aromatic carbocycles. The van der Waals surface area contributed by atoms with E-state index in [-0.39, 0.29) is 59.4 Å². The Morgan fingerprint density at radius 3 is 0.429 bits per heavy atom. The van der Waals surface area contributed by atoms with Crippen molar-refractivity contribution in [2.45, 2.75) is 0 Å². The molecular weight excluding hydrogens is 163 g/mol. The van der Waals surface area contributed by atoms with Crippen LogP contribution in [-0.2, 0) is 18.6 Å². The van der Waals surface area contributed by atoms with Gasteiger partial charge in [-0.15, -0.1) is 0 Å². The molecule has 0 saturated heterocycles. The van der Waals surface area contributed by atoms with E-state index in [0.717, 1.165) is 0 Å². The molecule has 7 heavy (non-hydrogen) atoms. The van der Waals surface area contributed by atoms with Crippen molar-refractivity contribution in [1.82, 2.24) is 0 Å². The molecule has 0 aliphatic carbocycles. The fourth-order valence-corrected chi connectivity index (χ4v) is 0.